The summed E-state index contributed by atoms with van der Waals surface area (Å²) in [5, 5.41) is 24.0. The van der Waals surface area contributed by atoms with E-state index >= 15 is 0 Å². The van der Waals surface area contributed by atoms with E-state index in [0.717, 1.165) is 74.8 Å². The molecular weight excluding hydrogens is 1110 g/mol. The number of aliphatic hydroxyl groups is 1. The summed E-state index contributed by atoms with van der Waals surface area (Å²) in [6, 6.07) is 21.9. The van der Waals surface area contributed by atoms with Gasteiger partial charge in [-0.25, -0.2) is 26.4 Å². The van der Waals surface area contributed by atoms with E-state index in [1.807, 2.05) is 52.8 Å². The third-order valence-electron chi connectivity index (χ3n) is 14.1. The fourth-order valence-corrected chi connectivity index (χ4v) is 13.4. The second-order valence-electron chi connectivity index (χ2n) is 24.0. The molecule has 84 heavy (non-hydrogen) atoms. The zero-order chi connectivity index (χ0) is 61.1. The van der Waals surface area contributed by atoms with Crippen LogP contribution in [0.3, 0.4) is 0 Å². The molecule has 6 rings (SSSR count). The number of hydrogen-bond acceptors (Lipinski definition) is 15. The van der Waals surface area contributed by atoms with Crippen LogP contribution in [-0.2, 0) is 61.7 Å². The number of unbranched alkanes of at least 4 members (excludes halogenated alkanes) is 7. The monoisotopic (exact) mass is 1200 g/mol. The molecule has 462 valence electrons. The second-order valence-corrected chi connectivity index (χ2v) is 27.5. The van der Waals surface area contributed by atoms with Crippen molar-refractivity contribution in [3.05, 3.63) is 107 Å². The van der Waals surface area contributed by atoms with Crippen molar-refractivity contribution in [2.24, 2.45) is 0 Å². The summed E-state index contributed by atoms with van der Waals surface area (Å²) in [5.74, 6) is 5.99. The van der Waals surface area contributed by atoms with Crippen LogP contribution < -0.4 is 14.8 Å². The molecule has 0 bridgehead atoms. The van der Waals surface area contributed by atoms with Crippen molar-refractivity contribution in [3.63, 3.8) is 0 Å². The molecule has 4 aromatic carbocycles. The van der Waals surface area contributed by atoms with E-state index in [1.165, 1.54) is 29.4 Å². The SMILES string of the molecule is CC(=O)OCc1cc([C@@H](O)CNCCCCCCOCCCCN(C(C)(C)C)S(=O)(=O)c2cccc(-c3c(C#CCCOCCCCCCN4C[C@@H](c5ccc6c(c5)COC(C)(C)O6)OC4=O)cccc3S(=O)(=O)NC(C)(C)C)c2)ccc1O. The summed E-state index contributed by atoms with van der Waals surface area (Å²) < 4.78 is 95.9. The van der Waals surface area contributed by atoms with Gasteiger partial charge in [0.2, 0.25) is 25.8 Å². The average molecular weight is 1200 g/mol. The molecule has 2 aliphatic heterocycles. The molecule has 4 N–H and O–H groups in total. The van der Waals surface area contributed by atoms with Gasteiger partial charge in [0.1, 0.15) is 24.2 Å². The molecule has 2 atom stereocenters. The number of aromatic hydroxyl groups is 1. The van der Waals surface area contributed by atoms with Crippen molar-refractivity contribution >= 4 is 32.1 Å². The topological polar surface area (TPSA) is 229 Å². The maximum absolute atomic E-state index is 14.6. The number of cyclic esters (lactones) is 1. The maximum Gasteiger partial charge on any atom is 0.410 e. The van der Waals surface area contributed by atoms with E-state index in [2.05, 4.69) is 21.9 Å². The number of hydrogen-bond donors (Lipinski definition) is 4. The molecule has 0 unspecified atom stereocenters. The van der Waals surface area contributed by atoms with Crippen LogP contribution in [0.1, 0.15) is 173 Å². The number of carbonyl (C=O) groups is 2. The Balaban J connectivity index is 0.940. The van der Waals surface area contributed by atoms with Crippen molar-refractivity contribution in [1.29, 1.82) is 0 Å². The van der Waals surface area contributed by atoms with Gasteiger partial charge >= 0.3 is 12.1 Å². The zero-order valence-electron chi connectivity index (χ0n) is 50.7. The third-order valence-corrected chi connectivity index (χ3v) is 18.1. The molecule has 0 aliphatic carbocycles. The number of benzene rings is 4. The normalized spacial score (nSPS) is 15.7. The molecule has 0 radical (unpaired) electrons. The zero-order valence-corrected chi connectivity index (χ0v) is 52.4. The summed E-state index contributed by atoms with van der Waals surface area (Å²) in [5.41, 5.74) is 2.47. The first-order valence-electron chi connectivity index (χ1n) is 29.4. The highest BCUT2D eigenvalue weighted by Gasteiger charge is 2.36. The van der Waals surface area contributed by atoms with Crippen molar-refractivity contribution in [3.8, 4) is 34.5 Å². The lowest BCUT2D eigenvalue weighted by molar-refractivity contribution is -0.180. The molecule has 0 saturated carbocycles. The fourth-order valence-electron chi connectivity index (χ4n) is 9.87. The van der Waals surface area contributed by atoms with E-state index in [9.17, 15) is 36.6 Å². The number of ether oxygens (including phenoxy) is 6. The number of sulfonamides is 2. The van der Waals surface area contributed by atoms with Gasteiger partial charge in [0, 0.05) is 100.0 Å². The summed E-state index contributed by atoms with van der Waals surface area (Å²) >= 11 is 0. The molecular formula is C64H90N4O14S2. The van der Waals surface area contributed by atoms with Gasteiger partial charge in [-0.05, 0) is 152 Å². The van der Waals surface area contributed by atoms with E-state index in [1.54, 1.807) is 68.1 Å². The van der Waals surface area contributed by atoms with Crippen molar-refractivity contribution in [2.45, 2.75) is 185 Å². The van der Waals surface area contributed by atoms with Gasteiger partial charge in [-0.2, -0.15) is 4.31 Å². The number of rotatable bonds is 32. The van der Waals surface area contributed by atoms with Crippen LogP contribution in [0.2, 0.25) is 0 Å². The molecule has 1 fully saturated rings. The number of nitrogens with one attached hydrogen (secondary N) is 2. The Labute approximate surface area is 499 Å². The highest BCUT2D eigenvalue weighted by Crippen LogP contribution is 2.37. The Morgan fingerprint density at radius 1 is 0.845 bits per heavy atom. The second kappa shape index (κ2) is 31.2. The molecule has 2 aliphatic rings. The van der Waals surface area contributed by atoms with E-state index < -0.39 is 49.0 Å². The van der Waals surface area contributed by atoms with E-state index in [4.69, 9.17) is 28.4 Å². The summed E-state index contributed by atoms with van der Waals surface area (Å²) in [7, 11) is -8.18. The molecule has 0 spiro atoms. The minimum Gasteiger partial charge on any atom is -0.508 e. The Morgan fingerprint density at radius 3 is 2.25 bits per heavy atom. The molecule has 4 aromatic rings. The van der Waals surface area contributed by atoms with Crippen molar-refractivity contribution in [1.82, 2.24) is 19.2 Å². The minimum atomic E-state index is -4.11. The van der Waals surface area contributed by atoms with Crippen LogP contribution >= 0.6 is 0 Å². The highest BCUT2D eigenvalue weighted by molar-refractivity contribution is 7.89. The Kier molecular flexibility index (Phi) is 25.1. The van der Waals surface area contributed by atoms with E-state index in [0.29, 0.717) is 99.7 Å². The van der Waals surface area contributed by atoms with Gasteiger partial charge in [-0.15, -0.1) is 0 Å². The van der Waals surface area contributed by atoms with Crippen LogP contribution in [0.15, 0.2) is 88.7 Å². The molecule has 20 heteroatoms. The molecule has 18 nitrogen and oxygen atoms in total. The summed E-state index contributed by atoms with van der Waals surface area (Å²) in [4.78, 5) is 25.7. The van der Waals surface area contributed by atoms with Crippen LogP contribution in [0, 0.1) is 11.8 Å². The Bertz CT molecular complexity index is 3110. The minimum absolute atomic E-state index is 0.00198. The Morgan fingerprint density at radius 2 is 1.54 bits per heavy atom. The maximum atomic E-state index is 14.6. The number of phenolic OH excluding ortho intramolecular Hbond substituents is 1. The first-order chi connectivity index (χ1) is 39.7. The van der Waals surface area contributed by atoms with Crippen LogP contribution in [0.5, 0.6) is 11.5 Å². The van der Waals surface area contributed by atoms with Gasteiger partial charge in [-0.1, -0.05) is 67.9 Å². The smallest absolute Gasteiger partial charge is 0.410 e. The van der Waals surface area contributed by atoms with Crippen molar-refractivity contribution in [2.75, 3.05) is 59.2 Å². The Hall–Kier alpha value is -5.60. The highest BCUT2D eigenvalue weighted by atomic mass is 32.2. The van der Waals surface area contributed by atoms with Crippen molar-refractivity contribution < 1.29 is 65.1 Å². The first-order valence-corrected chi connectivity index (χ1v) is 32.4. The summed E-state index contributed by atoms with van der Waals surface area (Å²) in [6.07, 6.45) is 7.48. The number of esters is 1. The predicted molar refractivity (Wildman–Crippen MR) is 323 cm³/mol. The average Bonchev–Trinajstić information content (AvgIpc) is 1.77. The quantitative estimate of drug-likeness (QED) is 0.0202. The molecule has 0 aromatic heterocycles. The first kappa shape index (κ1) is 67.5. The van der Waals surface area contributed by atoms with Gasteiger partial charge in [0.15, 0.2) is 0 Å². The third kappa shape index (κ3) is 20.8. The van der Waals surface area contributed by atoms with Gasteiger partial charge in [0.25, 0.3) is 0 Å². The molecule has 1 saturated heterocycles. The van der Waals surface area contributed by atoms with Crippen LogP contribution in [0.25, 0.3) is 11.1 Å². The number of fused-ring (bicyclic) bond motifs is 1. The number of phenols is 1. The lowest BCUT2D eigenvalue weighted by Gasteiger charge is -2.34. The lowest BCUT2D eigenvalue weighted by atomic mass is 10.00. The number of aliphatic hydroxyl groups excluding tert-OH is 1. The lowest BCUT2D eigenvalue weighted by Crippen LogP contribution is -2.46. The summed E-state index contributed by atoms with van der Waals surface area (Å²) in [6.45, 7) is 20.7. The molecule has 1 amide bonds. The molecule has 2 heterocycles. The fraction of sp³-hybridized carbons (Fsp3) is 0.562. The van der Waals surface area contributed by atoms with Gasteiger partial charge in [-0.3, -0.25) is 4.79 Å². The van der Waals surface area contributed by atoms with Crippen LogP contribution in [-0.4, -0.2) is 124 Å². The predicted octanol–water partition coefficient (Wildman–Crippen LogP) is 10.8. The number of amides is 1. The van der Waals surface area contributed by atoms with Gasteiger partial charge in [0.05, 0.1) is 35.7 Å². The van der Waals surface area contributed by atoms with Gasteiger partial charge < -0.3 is 48.9 Å². The van der Waals surface area contributed by atoms with E-state index in [-0.39, 0.29) is 40.9 Å². The largest absolute Gasteiger partial charge is 0.508 e. The number of nitrogens with zero attached hydrogens (tertiary/aromatic N) is 2. The van der Waals surface area contributed by atoms with Crippen LogP contribution in [0.4, 0.5) is 4.79 Å². The standard InChI is InChI=1S/C64H90N4O14S2/c1-47(69)79-45-52-40-49(29-31-55(52)70)56(71)43-65-33-15-10-12-18-36-78-39-21-17-35-68(63(5,6)7)84(75,76)54-27-22-26-51(42-54)60-48(25-23-28-59(60)83(73,74)66-62(2,3)4)24-14-20-38-77-37-19-13-11-16-34-67-44-58(81-61(67)72)50-30-32-57-53(41-50)46-80-64(8,9)82-57/h22-23,25-32,40-42,56,58,65-66,70-71H,10-13,15-21,33-39,43-46H2,1-9H3/t56-,58-/m0/s1. The number of carbonyl (C=O) groups excluding carboxylic acids is 2.